The number of hydrogen-bond donors (Lipinski definition) is 0. The average Bonchev–Trinajstić information content (AvgIpc) is 3.56. The zero-order valence-electron chi connectivity index (χ0n) is 31.7. The van der Waals surface area contributed by atoms with Crippen LogP contribution in [0.1, 0.15) is 103 Å². The van der Waals surface area contributed by atoms with Crippen LogP contribution in [0.15, 0.2) is 71.8 Å². The molecule has 0 N–H and O–H groups in total. The molecule has 0 radical (unpaired) electrons. The standard InChI is InChI=1S/2C22H25.C2H7Si.Zr/c2*1-14(2)11-18-12-19-7-6-8-21(22(19)13-18)20-10-9-15(3)16(4)17(20)5;1-3-2;/h2*6-10,12-14H,11H2,1-5H3;3H,1-2H3;. The van der Waals surface area contributed by atoms with Gasteiger partial charge in [0.05, 0.1) is 0 Å². The van der Waals surface area contributed by atoms with Gasteiger partial charge in [0.15, 0.2) is 0 Å². The summed E-state index contributed by atoms with van der Waals surface area (Å²) in [6.07, 6.45) is 7.80. The summed E-state index contributed by atoms with van der Waals surface area (Å²) in [5.41, 5.74) is 24.1. The van der Waals surface area contributed by atoms with Crippen molar-refractivity contribution in [2.24, 2.45) is 11.8 Å². The van der Waals surface area contributed by atoms with Crippen molar-refractivity contribution in [2.45, 2.75) is 102 Å². The fraction of sp³-hybridized carbons (Fsp3) is 0.391. The first-order valence-electron chi connectivity index (χ1n) is 18.5. The number of hydrogen-bond acceptors (Lipinski definition) is 0. The van der Waals surface area contributed by atoms with E-state index in [0.717, 1.165) is 0 Å². The Morgan fingerprint density at radius 3 is 1.27 bits per heavy atom. The van der Waals surface area contributed by atoms with Crippen molar-refractivity contribution in [1.29, 1.82) is 0 Å². The number of benzene rings is 4. The number of rotatable bonds is 9. The van der Waals surface area contributed by atoms with E-state index in [1.807, 2.05) is 0 Å². The molecule has 0 fully saturated rings. The number of allylic oxidation sites excluding steroid dienone is 2. The molecule has 0 amide bonds. The van der Waals surface area contributed by atoms with Crippen LogP contribution in [-0.2, 0) is 20.9 Å². The van der Waals surface area contributed by atoms with Crippen LogP contribution in [0.25, 0.3) is 34.4 Å². The summed E-state index contributed by atoms with van der Waals surface area (Å²) in [7, 11) is 0. The molecule has 0 saturated heterocycles. The summed E-state index contributed by atoms with van der Waals surface area (Å²) < 4.78 is 1.31. The molecule has 2 aliphatic rings. The molecular formula is C46H57SiZr. The molecule has 4 aromatic rings. The molecule has 0 aliphatic heterocycles. The van der Waals surface area contributed by atoms with Crippen molar-refractivity contribution in [3.8, 4) is 22.3 Å². The van der Waals surface area contributed by atoms with Gasteiger partial charge in [-0.1, -0.05) is 0 Å². The Morgan fingerprint density at radius 1 is 0.521 bits per heavy atom. The summed E-state index contributed by atoms with van der Waals surface area (Å²) in [4.78, 5) is 0. The third-order valence-corrected chi connectivity index (χ3v) is 33.4. The van der Waals surface area contributed by atoms with E-state index in [9.17, 15) is 0 Å². The van der Waals surface area contributed by atoms with Gasteiger partial charge < -0.3 is 0 Å². The molecule has 6 rings (SSSR count). The van der Waals surface area contributed by atoms with Crippen LogP contribution in [-0.4, -0.2) is 5.92 Å². The van der Waals surface area contributed by atoms with E-state index in [0.29, 0.717) is 19.1 Å². The van der Waals surface area contributed by atoms with E-state index in [2.05, 4.69) is 155 Å². The van der Waals surface area contributed by atoms with Crippen molar-refractivity contribution in [2.75, 3.05) is 0 Å². The maximum absolute atomic E-state index is 2.72. The van der Waals surface area contributed by atoms with E-state index in [-0.39, 0.29) is 0 Å². The number of fused-ring (bicyclic) bond motifs is 2. The molecule has 0 spiro atoms. The predicted molar refractivity (Wildman–Crippen MR) is 211 cm³/mol. The van der Waals surface area contributed by atoms with Crippen LogP contribution in [0.2, 0.25) is 13.1 Å². The van der Waals surface area contributed by atoms with Gasteiger partial charge in [-0.15, -0.1) is 0 Å². The third kappa shape index (κ3) is 6.31. The van der Waals surface area contributed by atoms with Crippen LogP contribution < -0.4 is 0 Å². The Kier molecular flexibility index (Phi) is 10.3. The summed E-state index contributed by atoms with van der Waals surface area (Å²) in [6.45, 7) is 28.9. The van der Waals surface area contributed by atoms with Crippen molar-refractivity contribution in [1.82, 2.24) is 0 Å². The predicted octanol–water partition coefficient (Wildman–Crippen LogP) is 13.1. The third-order valence-electron chi connectivity index (χ3n) is 11.6. The van der Waals surface area contributed by atoms with Gasteiger partial charge in [0.2, 0.25) is 0 Å². The van der Waals surface area contributed by atoms with Crippen molar-refractivity contribution < 1.29 is 20.9 Å². The van der Waals surface area contributed by atoms with E-state index in [1.165, 1.54) is 79.6 Å². The summed E-state index contributed by atoms with van der Waals surface area (Å²) in [5, 5.41) is 0. The number of aryl methyl sites for hydroxylation is 2. The Labute approximate surface area is 301 Å². The molecule has 4 aromatic carbocycles. The maximum atomic E-state index is 2.72. The SMILES string of the molecule is Cc1ccc(-c2cccc3c2C=C(CC(C)C)[CH]3[Zr]([CH]2C(CC(C)C)=Cc3c(-c4ccc(C)c(C)c4C)cccc32)[SiH](C)C)c(C)c1C. The van der Waals surface area contributed by atoms with E-state index < -0.39 is 26.8 Å². The molecular weight excluding hydrogens is 672 g/mol. The van der Waals surface area contributed by atoms with Gasteiger partial charge in [-0.05, 0) is 0 Å². The zero-order valence-corrected chi connectivity index (χ0v) is 35.3. The molecule has 2 atom stereocenters. The van der Waals surface area contributed by atoms with Crippen LogP contribution in [0, 0.1) is 53.4 Å². The Hall–Kier alpha value is -2.54. The van der Waals surface area contributed by atoms with Crippen LogP contribution in [0.4, 0.5) is 0 Å². The zero-order chi connectivity index (χ0) is 34.6. The molecule has 0 saturated carbocycles. The molecule has 249 valence electrons. The van der Waals surface area contributed by atoms with E-state index in [1.54, 1.807) is 22.3 Å². The molecule has 0 nitrogen and oxygen atoms in total. The van der Waals surface area contributed by atoms with E-state index >= 15 is 0 Å². The first-order valence-corrected chi connectivity index (χ1v) is 28.5. The first-order chi connectivity index (χ1) is 22.8. The summed E-state index contributed by atoms with van der Waals surface area (Å²) >= 11 is -2.24. The molecule has 2 heteroatoms. The summed E-state index contributed by atoms with van der Waals surface area (Å²) in [5.74, 6) is 0.314. The second kappa shape index (κ2) is 14.0. The first kappa shape index (κ1) is 35.3. The minimum atomic E-state index is -2.24. The van der Waals surface area contributed by atoms with Gasteiger partial charge in [0, 0.05) is 0 Å². The fourth-order valence-electron chi connectivity index (χ4n) is 8.81. The Bertz CT molecular complexity index is 1800. The topological polar surface area (TPSA) is 0 Å². The average molecular weight is 729 g/mol. The van der Waals surface area contributed by atoms with Crippen LogP contribution in [0.3, 0.4) is 0 Å². The molecule has 2 unspecified atom stereocenters. The van der Waals surface area contributed by atoms with Gasteiger partial charge in [-0.25, -0.2) is 0 Å². The molecule has 0 heterocycles. The Morgan fingerprint density at radius 2 is 0.917 bits per heavy atom. The normalized spacial score (nSPS) is 16.9. The molecule has 0 bridgehead atoms. The van der Waals surface area contributed by atoms with Crippen molar-refractivity contribution >= 4 is 18.1 Å². The second-order valence-electron chi connectivity index (χ2n) is 16.1. The van der Waals surface area contributed by atoms with Crippen LogP contribution in [0.5, 0.6) is 0 Å². The van der Waals surface area contributed by atoms with Gasteiger partial charge in [-0.2, -0.15) is 0 Å². The second-order valence-corrected chi connectivity index (χ2v) is 36.2. The van der Waals surface area contributed by atoms with E-state index in [4.69, 9.17) is 0 Å². The van der Waals surface area contributed by atoms with Gasteiger partial charge >= 0.3 is 303 Å². The van der Waals surface area contributed by atoms with Crippen molar-refractivity contribution in [3.63, 3.8) is 0 Å². The van der Waals surface area contributed by atoms with Gasteiger partial charge in [0.1, 0.15) is 0 Å². The minimum absolute atomic E-state index is 0.652. The monoisotopic (exact) mass is 727 g/mol. The molecule has 2 aliphatic carbocycles. The Balaban J connectivity index is 1.55. The quantitative estimate of drug-likeness (QED) is 0.151. The van der Waals surface area contributed by atoms with Crippen LogP contribution >= 0.6 is 0 Å². The van der Waals surface area contributed by atoms with Crippen molar-refractivity contribution in [3.05, 3.63) is 127 Å². The molecule has 0 aromatic heterocycles. The molecule has 48 heavy (non-hydrogen) atoms. The fourth-order valence-corrected chi connectivity index (χ4v) is 31.6. The van der Waals surface area contributed by atoms with Gasteiger partial charge in [0.25, 0.3) is 0 Å². The van der Waals surface area contributed by atoms with Gasteiger partial charge in [-0.3, -0.25) is 0 Å². The summed E-state index contributed by atoms with van der Waals surface area (Å²) in [6, 6.07) is 24.1.